The molecule has 1 fully saturated rings. The fourth-order valence-corrected chi connectivity index (χ4v) is 4.48. The van der Waals surface area contributed by atoms with E-state index in [2.05, 4.69) is 44.8 Å². The Morgan fingerprint density at radius 2 is 1.63 bits per heavy atom. The number of aliphatic imine (C=N–C) groups is 1. The standard InChI is InChI=1S/C23H32N4OS.HI/c1-24-23(25-14-17-29(28)22-8-4-2-5-9-22)26-18-20-10-12-21(13-11-20)19-27-15-6-3-7-16-27;/h2,4-5,8-13H,3,6-7,14-19H2,1H3,(H2,24,25,26);1H. The van der Waals surface area contributed by atoms with E-state index in [1.165, 1.54) is 43.5 Å². The number of likely N-dealkylation sites (tertiary alicyclic amines) is 1. The number of hydrogen-bond donors (Lipinski definition) is 2. The molecule has 1 unspecified atom stereocenters. The van der Waals surface area contributed by atoms with Gasteiger partial charge in [-0.1, -0.05) is 48.9 Å². The highest BCUT2D eigenvalue weighted by Gasteiger charge is 2.10. The van der Waals surface area contributed by atoms with Gasteiger partial charge in [-0.25, -0.2) is 0 Å². The molecule has 0 amide bonds. The molecule has 1 saturated heterocycles. The predicted octanol–water partition coefficient (Wildman–Crippen LogP) is 3.76. The van der Waals surface area contributed by atoms with Crippen molar-refractivity contribution in [2.45, 2.75) is 37.2 Å². The maximum atomic E-state index is 12.3. The van der Waals surface area contributed by atoms with Crippen LogP contribution in [0.3, 0.4) is 0 Å². The average molecular weight is 541 g/mol. The van der Waals surface area contributed by atoms with Crippen LogP contribution in [0.25, 0.3) is 0 Å². The van der Waals surface area contributed by atoms with Crippen molar-refractivity contribution in [2.24, 2.45) is 4.99 Å². The van der Waals surface area contributed by atoms with Crippen molar-refractivity contribution in [3.05, 3.63) is 65.7 Å². The van der Waals surface area contributed by atoms with Crippen LogP contribution in [0.5, 0.6) is 0 Å². The van der Waals surface area contributed by atoms with Crippen molar-refractivity contribution in [3.63, 3.8) is 0 Å². The molecule has 5 nitrogen and oxygen atoms in total. The number of rotatable bonds is 8. The molecule has 0 radical (unpaired) electrons. The maximum Gasteiger partial charge on any atom is 0.191 e. The van der Waals surface area contributed by atoms with E-state index in [0.717, 1.165) is 17.4 Å². The summed E-state index contributed by atoms with van der Waals surface area (Å²) in [7, 11) is 0.758. The summed E-state index contributed by atoms with van der Waals surface area (Å²) in [5, 5.41) is 6.57. The smallest absolute Gasteiger partial charge is 0.191 e. The van der Waals surface area contributed by atoms with Gasteiger partial charge >= 0.3 is 0 Å². The van der Waals surface area contributed by atoms with E-state index in [0.29, 0.717) is 18.8 Å². The molecule has 0 saturated carbocycles. The van der Waals surface area contributed by atoms with Crippen LogP contribution in [-0.4, -0.2) is 47.5 Å². The SMILES string of the molecule is CN=C(NCCS(=O)c1ccccc1)NCc1ccc(CN2CCCCC2)cc1.I. The normalized spacial score (nSPS) is 15.8. The van der Waals surface area contributed by atoms with Gasteiger partial charge in [0, 0.05) is 37.3 Å². The van der Waals surface area contributed by atoms with Crippen molar-refractivity contribution in [1.82, 2.24) is 15.5 Å². The summed E-state index contributed by atoms with van der Waals surface area (Å²) < 4.78 is 12.3. The number of hydrogen-bond acceptors (Lipinski definition) is 3. The molecule has 2 aromatic carbocycles. The average Bonchev–Trinajstić information content (AvgIpc) is 2.78. The molecule has 3 rings (SSSR count). The summed E-state index contributed by atoms with van der Waals surface area (Å²) >= 11 is 0. The molecule has 0 aliphatic carbocycles. The van der Waals surface area contributed by atoms with Crippen molar-refractivity contribution in [3.8, 4) is 0 Å². The lowest BCUT2D eigenvalue weighted by Crippen LogP contribution is -2.38. The van der Waals surface area contributed by atoms with Gasteiger partial charge < -0.3 is 10.6 Å². The molecule has 7 heteroatoms. The first kappa shape index (κ1) is 24.8. The molecule has 164 valence electrons. The summed E-state index contributed by atoms with van der Waals surface area (Å²) in [5.74, 6) is 1.28. The third-order valence-electron chi connectivity index (χ3n) is 5.15. The Balaban J connectivity index is 0.00000320. The number of benzene rings is 2. The summed E-state index contributed by atoms with van der Waals surface area (Å²) in [6.07, 6.45) is 4.03. The first-order valence-corrected chi connectivity index (χ1v) is 11.7. The Labute approximate surface area is 200 Å². The molecular weight excluding hydrogens is 507 g/mol. The number of halogens is 1. The van der Waals surface area contributed by atoms with Gasteiger partial charge in [-0.2, -0.15) is 0 Å². The lowest BCUT2D eigenvalue weighted by Gasteiger charge is -2.26. The van der Waals surface area contributed by atoms with E-state index in [1.54, 1.807) is 7.05 Å². The van der Waals surface area contributed by atoms with Crippen LogP contribution >= 0.6 is 24.0 Å². The molecule has 0 aromatic heterocycles. The topological polar surface area (TPSA) is 56.7 Å². The van der Waals surface area contributed by atoms with Crippen molar-refractivity contribution < 1.29 is 4.21 Å². The number of guanidine groups is 1. The minimum atomic E-state index is -0.997. The molecule has 2 N–H and O–H groups in total. The zero-order valence-electron chi connectivity index (χ0n) is 17.7. The number of nitrogens with zero attached hydrogens (tertiary/aromatic N) is 2. The van der Waals surface area contributed by atoms with Crippen LogP contribution in [0.2, 0.25) is 0 Å². The van der Waals surface area contributed by atoms with Gasteiger partial charge in [0.05, 0.1) is 10.8 Å². The number of nitrogens with one attached hydrogen (secondary N) is 2. The van der Waals surface area contributed by atoms with Crippen LogP contribution < -0.4 is 10.6 Å². The summed E-state index contributed by atoms with van der Waals surface area (Å²) in [5.41, 5.74) is 2.60. The molecule has 1 aliphatic rings. The summed E-state index contributed by atoms with van der Waals surface area (Å²) in [4.78, 5) is 7.66. The molecule has 0 spiro atoms. The third-order valence-corrected chi connectivity index (χ3v) is 6.52. The van der Waals surface area contributed by atoms with Gasteiger partial charge in [0.15, 0.2) is 5.96 Å². The molecule has 1 heterocycles. The maximum absolute atomic E-state index is 12.3. The van der Waals surface area contributed by atoms with Crippen LogP contribution in [0.1, 0.15) is 30.4 Å². The highest BCUT2D eigenvalue weighted by atomic mass is 127. The Kier molecular flexibility index (Phi) is 11.4. The number of piperidine rings is 1. The molecule has 30 heavy (non-hydrogen) atoms. The lowest BCUT2D eigenvalue weighted by molar-refractivity contribution is 0.221. The van der Waals surface area contributed by atoms with E-state index in [-0.39, 0.29) is 24.0 Å². The van der Waals surface area contributed by atoms with E-state index in [1.807, 2.05) is 30.3 Å². The Morgan fingerprint density at radius 1 is 0.967 bits per heavy atom. The zero-order valence-corrected chi connectivity index (χ0v) is 20.8. The fourth-order valence-electron chi connectivity index (χ4n) is 3.50. The molecule has 1 aliphatic heterocycles. The summed E-state index contributed by atoms with van der Waals surface area (Å²) in [6, 6.07) is 18.4. The second kappa shape index (κ2) is 13.8. The molecule has 1 atom stereocenters. The quantitative estimate of drug-likeness (QED) is 0.304. The highest BCUT2D eigenvalue weighted by molar-refractivity contribution is 14.0. The molecule has 0 bridgehead atoms. The van der Waals surface area contributed by atoms with Gasteiger partial charge in [0.25, 0.3) is 0 Å². The lowest BCUT2D eigenvalue weighted by atomic mass is 10.1. The summed E-state index contributed by atoms with van der Waals surface area (Å²) in [6.45, 7) is 4.82. The second-order valence-electron chi connectivity index (χ2n) is 7.37. The second-order valence-corrected chi connectivity index (χ2v) is 8.94. The van der Waals surface area contributed by atoms with Gasteiger partial charge in [-0.05, 0) is 49.2 Å². The third kappa shape index (κ3) is 8.35. The van der Waals surface area contributed by atoms with Crippen molar-refractivity contribution in [1.29, 1.82) is 0 Å². The molecular formula is C23H33IN4OS. The fraction of sp³-hybridized carbons (Fsp3) is 0.435. The minimum absolute atomic E-state index is 0. The van der Waals surface area contributed by atoms with E-state index in [4.69, 9.17) is 0 Å². The predicted molar refractivity (Wildman–Crippen MR) is 137 cm³/mol. The highest BCUT2D eigenvalue weighted by Crippen LogP contribution is 2.13. The van der Waals surface area contributed by atoms with Gasteiger partial charge in [0.2, 0.25) is 0 Å². The first-order valence-electron chi connectivity index (χ1n) is 10.4. The largest absolute Gasteiger partial charge is 0.355 e. The first-order chi connectivity index (χ1) is 14.2. The Morgan fingerprint density at radius 3 is 2.30 bits per heavy atom. The van der Waals surface area contributed by atoms with Crippen LogP contribution in [0, 0.1) is 0 Å². The van der Waals surface area contributed by atoms with Gasteiger partial charge in [-0.15, -0.1) is 24.0 Å². The van der Waals surface area contributed by atoms with E-state index < -0.39 is 10.8 Å². The van der Waals surface area contributed by atoms with E-state index >= 15 is 0 Å². The van der Waals surface area contributed by atoms with Crippen molar-refractivity contribution in [2.75, 3.05) is 32.4 Å². The molecule has 2 aromatic rings. The van der Waals surface area contributed by atoms with Crippen LogP contribution in [-0.2, 0) is 23.9 Å². The Bertz CT molecular complexity index is 793. The zero-order chi connectivity index (χ0) is 20.3. The van der Waals surface area contributed by atoms with Gasteiger partial charge in [0.1, 0.15) is 0 Å². The van der Waals surface area contributed by atoms with Crippen molar-refractivity contribution >= 4 is 40.7 Å². The Hall–Kier alpha value is -1.45. The van der Waals surface area contributed by atoms with Gasteiger partial charge in [-0.3, -0.25) is 14.1 Å². The van der Waals surface area contributed by atoms with Crippen LogP contribution in [0.15, 0.2) is 64.5 Å². The van der Waals surface area contributed by atoms with E-state index in [9.17, 15) is 4.21 Å². The monoisotopic (exact) mass is 540 g/mol. The minimum Gasteiger partial charge on any atom is -0.355 e. The van der Waals surface area contributed by atoms with Crippen LogP contribution in [0.4, 0.5) is 0 Å².